The van der Waals surface area contributed by atoms with E-state index in [1.165, 1.54) is 31.4 Å². The van der Waals surface area contributed by atoms with Gasteiger partial charge in [-0.1, -0.05) is 51.1 Å². The van der Waals surface area contributed by atoms with Gasteiger partial charge in [-0.2, -0.15) is 13.2 Å². The van der Waals surface area contributed by atoms with Crippen molar-refractivity contribution in [3.63, 3.8) is 0 Å². The highest BCUT2D eigenvalue weighted by molar-refractivity contribution is 7.94. The van der Waals surface area contributed by atoms with Crippen LogP contribution in [-0.2, 0) is 78.4 Å². The molecule has 2 atom stereocenters. The SMILES string of the molecule is CCc1ccc(COc2ccc(-n3c(=O)cc(C(F)(F)F)n(C)c3=O)cc2)c(OC(C)C(=O)OC)c1.CCc1cccc(CC)c1N(COC)C(=O)CCl.C[S+](C)C.O=C(O)CNCP(=O)([O-])O. The fourth-order valence-electron chi connectivity index (χ4n) is 5.77. The first-order valence-corrected chi connectivity index (χ1v) is 25.4. The van der Waals surface area contributed by atoms with E-state index in [0.29, 0.717) is 43.2 Å². The van der Waals surface area contributed by atoms with Gasteiger partial charge in [0.25, 0.3) is 5.56 Å². The molecule has 0 aliphatic heterocycles. The van der Waals surface area contributed by atoms with Crippen LogP contribution in [-0.4, -0.2) is 102 Å². The highest BCUT2D eigenvalue weighted by atomic mass is 35.5. The highest BCUT2D eigenvalue weighted by Gasteiger charge is 2.35. The first kappa shape index (κ1) is 60.9. The molecule has 1 heterocycles. The fourth-order valence-corrected chi connectivity index (χ4v) is 6.31. The largest absolute Gasteiger partial charge is 0.778 e. The van der Waals surface area contributed by atoms with Crippen molar-refractivity contribution in [3.05, 3.63) is 116 Å². The lowest BCUT2D eigenvalue weighted by Crippen LogP contribution is -2.40. The maximum atomic E-state index is 13.1. The molecule has 4 aromatic rings. The van der Waals surface area contributed by atoms with Crippen molar-refractivity contribution in [2.45, 2.75) is 65.8 Å². The first-order chi connectivity index (χ1) is 31.8. The topological polar surface area (TPSA) is 228 Å². The molecule has 3 N–H and O–H groups in total. The Morgan fingerprint density at radius 1 is 0.941 bits per heavy atom. The number of ether oxygens (including phenoxy) is 4. The minimum Gasteiger partial charge on any atom is -0.778 e. The van der Waals surface area contributed by atoms with Crippen molar-refractivity contribution in [3.8, 4) is 17.2 Å². The highest BCUT2D eigenvalue weighted by Crippen LogP contribution is 2.29. The Hall–Kier alpha value is -5.15. The molecule has 68 heavy (non-hydrogen) atoms. The Kier molecular flexibility index (Phi) is 26.6. The van der Waals surface area contributed by atoms with Crippen molar-refractivity contribution in [1.29, 1.82) is 0 Å². The molecule has 0 saturated carbocycles. The van der Waals surface area contributed by atoms with Crippen LogP contribution in [0.1, 0.15) is 55.6 Å². The maximum Gasteiger partial charge on any atom is 0.431 e. The molecule has 1 amide bonds. The number of aromatic nitrogens is 2. The van der Waals surface area contributed by atoms with Crippen molar-refractivity contribution in [2.75, 3.05) is 63.3 Å². The van der Waals surface area contributed by atoms with Crippen molar-refractivity contribution >= 4 is 53.6 Å². The average molecular weight is 1020 g/mol. The van der Waals surface area contributed by atoms with Gasteiger partial charge in [0.05, 0.1) is 50.1 Å². The van der Waals surface area contributed by atoms with Gasteiger partial charge in [-0.05, 0) is 84.1 Å². The van der Waals surface area contributed by atoms with Crippen LogP contribution >= 0.6 is 19.2 Å². The molecule has 1 aromatic heterocycles. The summed E-state index contributed by atoms with van der Waals surface area (Å²) in [6.45, 7) is 7.54. The molecule has 2 unspecified atom stereocenters. The number of nitrogens with zero attached hydrogens (tertiary/aromatic N) is 3. The van der Waals surface area contributed by atoms with Crippen LogP contribution in [0.25, 0.3) is 5.69 Å². The first-order valence-electron chi connectivity index (χ1n) is 20.7. The van der Waals surface area contributed by atoms with Crippen LogP contribution in [0.15, 0.2) is 76.3 Å². The minimum absolute atomic E-state index is 0.0371. The number of methoxy groups -OCH3 is 2. The van der Waals surface area contributed by atoms with Gasteiger partial charge >= 0.3 is 23.8 Å². The summed E-state index contributed by atoms with van der Waals surface area (Å²) >= 11 is 5.68. The number of rotatable bonds is 18. The van der Waals surface area contributed by atoms with E-state index in [1.807, 2.05) is 48.6 Å². The van der Waals surface area contributed by atoms with Gasteiger partial charge in [-0.25, -0.2) is 14.2 Å². The number of aliphatic carboxylic acids is 1. The Balaban J connectivity index is 0.000000595. The summed E-state index contributed by atoms with van der Waals surface area (Å²) < 4.78 is 71.5. The summed E-state index contributed by atoms with van der Waals surface area (Å²) in [5.41, 5.74) is 1.44. The fraction of sp³-hybridized carbons (Fsp3) is 0.444. The second kappa shape index (κ2) is 29.7. The van der Waals surface area contributed by atoms with E-state index >= 15 is 0 Å². The van der Waals surface area contributed by atoms with Crippen LogP contribution in [0.5, 0.6) is 11.5 Å². The van der Waals surface area contributed by atoms with Gasteiger partial charge in [0.2, 0.25) is 5.91 Å². The number of benzene rings is 3. The van der Waals surface area contributed by atoms with Crippen LogP contribution in [0, 0.1) is 0 Å². The van der Waals surface area contributed by atoms with Crippen molar-refractivity contribution in [1.82, 2.24) is 14.5 Å². The van der Waals surface area contributed by atoms with Gasteiger partial charge in [0.1, 0.15) is 44.0 Å². The molecule has 378 valence electrons. The predicted molar refractivity (Wildman–Crippen MR) is 255 cm³/mol. The number of alkyl halides is 4. The van der Waals surface area contributed by atoms with Gasteiger partial charge in [0.15, 0.2) is 6.10 Å². The van der Waals surface area contributed by atoms with E-state index in [9.17, 15) is 46.6 Å². The lowest BCUT2D eigenvalue weighted by Gasteiger charge is -2.26. The molecule has 0 aliphatic rings. The summed E-state index contributed by atoms with van der Waals surface area (Å²) in [5, 5.41) is 9.97. The Bertz CT molecular complexity index is 2390. The van der Waals surface area contributed by atoms with Gasteiger partial charge in [-0.3, -0.25) is 29.2 Å². The number of halogens is 4. The quantitative estimate of drug-likeness (QED) is 0.0379. The number of carbonyl (C=O) groups excluding carboxylic acids is 2. The molecule has 17 nitrogen and oxygen atoms in total. The zero-order valence-electron chi connectivity index (χ0n) is 39.7. The third-order valence-corrected chi connectivity index (χ3v) is 9.82. The van der Waals surface area contributed by atoms with Gasteiger partial charge in [0, 0.05) is 25.8 Å². The number of nitrogens with one attached hydrogen (secondary N) is 1. The Morgan fingerprint density at radius 2 is 1.51 bits per heavy atom. The second-order valence-corrected chi connectivity index (χ2v) is 19.1. The molecule has 0 spiro atoms. The van der Waals surface area contributed by atoms with Crippen LogP contribution < -0.4 is 35.8 Å². The molecular weight excluding hydrogens is 960 g/mol. The van der Waals surface area contributed by atoms with Crippen LogP contribution in [0.4, 0.5) is 18.9 Å². The smallest absolute Gasteiger partial charge is 0.431 e. The number of hydrogen-bond donors (Lipinski definition) is 3. The zero-order chi connectivity index (χ0) is 51.9. The van der Waals surface area contributed by atoms with E-state index < -0.39 is 61.6 Å². The summed E-state index contributed by atoms with van der Waals surface area (Å²) in [6.07, 6.45) is 2.71. The molecule has 0 radical (unpaired) electrons. The number of carboxylic acids is 1. The van der Waals surface area contributed by atoms with E-state index in [-0.39, 0.29) is 30.8 Å². The molecule has 0 aliphatic carbocycles. The standard InChI is InChI=1S/C25H25F3N2O6.C14H20ClNO2.C3H8NO5P.C3H9S/c1-5-16-6-7-17(20(12-16)36-15(2)23(32)34-4)14-35-19-10-8-18(9-11-19)30-22(31)13-21(25(26,27)28)29(3)24(30)33;1-4-11-7-6-8-12(5-2)14(11)16(10-18-3)13(17)9-15;5-3(6)1-4-2-10(7,8)9;1-4(2)3/h6-13,15H,5,14H2,1-4H3;6-8H,4-5,9-10H2,1-3H3;4H,1-2H2,(H,5,6)(H2,7,8,9);1-3H3/q;;;+1/p-1. The molecule has 4 rings (SSSR count). The minimum atomic E-state index is -4.84. The molecular formula is C45H61ClF3N4O13PS. The van der Waals surface area contributed by atoms with Crippen LogP contribution in [0.2, 0.25) is 0 Å². The number of hydrogen-bond acceptors (Lipinski definition) is 12. The second-order valence-electron chi connectivity index (χ2n) is 14.7. The summed E-state index contributed by atoms with van der Waals surface area (Å²) in [4.78, 5) is 77.8. The third kappa shape index (κ3) is 20.6. The summed E-state index contributed by atoms with van der Waals surface area (Å²) in [5.74, 6) is -1.03. The lowest BCUT2D eigenvalue weighted by molar-refractivity contribution is -0.193. The number of amides is 1. The van der Waals surface area contributed by atoms with Crippen LogP contribution in [0.3, 0.4) is 0 Å². The number of anilines is 1. The normalized spacial score (nSPS) is 12.1. The van der Waals surface area contributed by atoms with Gasteiger partial charge in [-0.15, -0.1) is 11.6 Å². The van der Waals surface area contributed by atoms with E-state index in [0.717, 1.165) is 48.7 Å². The number of para-hydroxylation sites is 1. The Labute approximate surface area is 401 Å². The predicted octanol–water partition coefficient (Wildman–Crippen LogP) is 5.28. The number of aryl methyl sites for hydroxylation is 3. The number of carboxylic acid groups (broad SMARTS) is 1. The monoisotopic (exact) mass is 1020 g/mol. The molecule has 23 heteroatoms. The molecule has 0 fully saturated rings. The molecule has 3 aromatic carbocycles. The summed E-state index contributed by atoms with van der Waals surface area (Å²) in [7, 11) is 0.0889. The van der Waals surface area contributed by atoms with Gasteiger partial charge < -0.3 is 38.4 Å². The zero-order valence-corrected chi connectivity index (χ0v) is 42.1. The molecule has 0 bridgehead atoms. The number of carbonyl (C=O) groups is 3. The van der Waals surface area contributed by atoms with E-state index in [4.69, 9.17) is 40.5 Å². The van der Waals surface area contributed by atoms with Crippen molar-refractivity contribution in [2.24, 2.45) is 7.05 Å². The summed E-state index contributed by atoms with van der Waals surface area (Å²) in [6, 6.07) is 17.8. The van der Waals surface area contributed by atoms with Crippen molar-refractivity contribution < 1.29 is 66.0 Å². The Morgan fingerprint density at radius 3 is 1.97 bits per heavy atom. The number of esters is 1. The maximum absolute atomic E-state index is 13.1. The lowest BCUT2D eigenvalue weighted by atomic mass is 10.0. The average Bonchev–Trinajstić information content (AvgIpc) is 3.27. The van der Waals surface area contributed by atoms with E-state index in [2.05, 4.69) is 32.6 Å². The van der Waals surface area contributed by atoms with E-state index in [1.54, 1.807) is 18.9 Å². The third-order valence-electron chi connectivity index (χ3n) is 8.97. The molecule has 0 saturated heterocycles.